The first-order valence-electron chi connectivity index (χ1n) is 4.36. The zero-order valence-corrected chi connectivity index (χ0v) is 8.84. The average Bonchev–Trinajstić information content (AvgIpc) is 2.25. The van der Waals surface area contributed by atoms with Gasteiger partial charge in [-0.25, -0.2) is 4.79 Å². The summed E-state index contributed by atoms with van der Waals surface area (Å²) in [5.41, 5.74) is -0.133. The van der Waals surface area contributed by atoms with Crippen molar-refractivity contribution in [1.82, 2.24) is 0 Å². The van der Waals surface area contributed by atoms with E-state index < -0.39 is 30.3 Å². The molecule has 2 unspecified atom stereocenters. The van der Waals surface area contributed by atoms with Gasteiger partial charge in [0, 0.05) is 6.08 Å². The van der Waals surface area contributed by atoms with Gasteiger partial charge < -0.3 is 20.1 Å². The van der Waals surface area contributed by atoms with Crippen LogP contribution >= 0.6 is 0 Å². The predicted octanol–water partition coefficient (Wildman–Crippen LogP) is -1.10. The van der Waals surface area contributed by atoms with Gasteiger partial charge in [0.15, 0.2) is 6.10 Å². The fraction of sp³-hybridized carbons (Fsp3) is 0.400. The standard InChI is InChI=1S/C10H14O6/c1-4-8(13)16-10(15,7(12)5-11)9(14)6(2)3/h4,7,11-12,15H,1-2,5H2,3H3. The maximum Gasteiger partial charge on any atom is 0.333 e. The minimum absolute atomic E-state index is 0.133. The SMILES string of the molecule is C=CC(=O)OC(O)(C(=O)C(=C)C)C(O)CO. The molecule has 0 saturated carbocycles. The molecule has 0 radical (unpaired) electrons. The second kappa shape index (κ2) is 5.55. The van der Waals surface area contributed by atoms with Crippen LogP contribution in [0.25, 0.3) is 0 Å². The Morgan fingerprint density at radius 3 is 2.38 bits per heavy atom. The number of esters is 1. The molecule has 0 fully saturated rings. The molecule has 90 valence electrons. The molecule has 0 aliphatic heterocycles. The molecule has 0 bridgehead atoms. The van der Waals surface area contributed by atoms with E-state index in [1.165, 1.54) is 6.92 Å². The van der Waals surface area contributed by atoms with Crippen molar-refractivity contribution in [1.29, 1.82) is 0 Å². The minimum Gasteiger partial charge on any atom is -0.419 e. The maximum atomic E-state index is 11.5. The highest BCUT2D eigenvalue weighted by molar-refractivity contribution is 6.01. The summed E-state index contributed by atoms with van der Waals surface area (Å²) in [6, 6.07) is 0. The molecule has 6 heteroatoms. The van der Waals surface area contributed by atoms with E-state index in [2.05, 4.69) is 17.9 Å². The number of aliphatic hydroxyl groups is 3. The first-order chi connectivity index (χ1) is 7.29. The zero-order valence-electron chi connectivity index (χ0n) is 8.84. The van der Waals surface area contributed by atoms with E-state index in [0.29, 0.717) is 6.08 Å². The summed E-state index contributed by atoms with van der Waals surface area (Å²) >= 11 is 0. The van der Waals surface area contributed by atoms with Crippen molar-refractivity contribution >= 4 is 11.8 Å². The fourth-order valence-electron chi connectivity index (χ4n) is 0.890. The Labute approximate surface area is 92.5 Å². The van der Waals surface area contributed by atoms with Gasteiger partial charge in [0.05, 0.1) is 6.61 Å². The summed E-state index contributed by atoms with van der Waals surface area (Å²) in [4.78, 5) is 22.4. The van der Waals surface area contributed by atoms with Crippen LogP contribution in [0.15, 0.2) is 24.8 Å². The monoisotopic (exact) mass is 230 g/mol. The van der Waals surface area contributed by atoms with Crippen LogP contribution < -0.4 is 0 Å². The summed E-state index contributed by atoms with van der Waals surface area (Å²) < 4.78 is 4.34. The lowest BCUT2D eigenvalue weighted by Crippen LogP contribution is -2.54. The topological polar surface area (TPSA) is 104 Å². The Morgan fingerprint density at radius 2 is 2.06 bits per heavy atom. The van der Waals surface area contributed by atoms with Gasteiger partial charge in [0.1, 0.15) is 0 Å². The highest BCUT2D eigenvalue weighted by Gasteiger charge is 2.46. The number of Topliss-reactive ketones (excluding diaryl/α,β-unsaturated/α-hetero) is 1. The number of ketones is 1. The minimum atomic E-state index is -2.84. The number of hydrogen-bond acceptors (Lipinski definition) is 6. The number of rotatable bonds is 6. The molecule has 0 spiro atoms. The second-order valence-electron chi connectivity index (χ2n) is 3.13. The molecule has 0 aliphatic carbocycles. The molecular weight excluding hydrogens is 216 g/mol. The molecule has 0 rings (SSSR count). The van der Waals surface area contributed by atoms with Crippen molar-refractivity contribution in [2.45, 2.75) is 18.8 Å². The quantitative estimate of drug-likeness (QED) is 0.304. The number of ether oxygens (including phenoxy) is 1. The van der Waals surface area contributed by atoms with Crippen molar-refractivity contribution in [3.63, 3.8) is 0 Å². The molecular formula is C10H14O6. The molecule has 0 amide bonds. The number of aliphatic hydroxyl groups excluding tert-OH is 2. The Balaban J connectivity index is 5.18. The third kappa shape index (κ3) is 2.99. The van der Waals surface area contributed by atoms with Crippen LogP contribution in [0.5, 0.6) is 0 Å². The third-order valence-electron chi connectivity index (χ3n) is 1.76. The normalized spacial score (nSPS) is 15.8. The van der Waals surface area contributed by atoms with Gasteiger partial charge in [-0.2, -0.15) is 0 Å². The van der Waals surface area contributed by atoms with Crippen LogP contribution in [0.2, 0.25) is 0 Å². The van der Waals surface area contributed by atoms with E-state index in [1.807, 2.05) is 0 Å². The summed E-state index contributed by atoms with van der Waals surface area (Å²) in [5.74, 6) is -5.04. The lowest BCUT2D eigenvalue weighted by atomic mass is 10.0. The number of hydrogen-bond donors (Lipinski definition) is 3. The highest BCUT2D eigenvalue weighted by atomic mass is 16.7. The molecule has 16 heavy (non-hydrogen) atoms. The Bertz CT molecular complexity index is 321. The number of carbonyl (C=O) groups is 2. The summed E-state index contributed by atoms with van der Waals surface area (Å²) in [6.07, 6.45) is -1.25. The van der Waals surface area contributed by atoms with Gasteiger partial charge in [0.2, 0.25) is 5.78 Å². The van der Waals surface area contributed by atoms with E-state index in [1.54, 1.807) is 0 Å². The second-order valence-corrected chi connectivity index (χ2v) is 3.13. The van der Waals surface area contributed by atoms with Crippen molar-refractivity contribution in [3.8, 4) is 0 Å². The van der Waals surface area contributed by atoms with E-state index >= 15 is 0 Å². The fourth-order valence-corrected chi connectivity index (χ4v) is 0.890. The molecule has 0 aromatic rings. The van der Waals surface area contributed by atoms with Gasteiger partial charge in [-0.05, 0) is 12.5 Å². The smallest absolute Gasteiger partial charge is 0.333 e. The van der Waals surface area contributed by atoms with Gasteiger partial charge in [-0.15, -0.1) is 0 Å². The van der Waals surface area contributed by atoms with Crippen molar-refractivity contribution in [3.05, 3.63) is 24.8 Å². The molecule has 2 atom stereocenters. The molecule has 6 nitrogen and oxygen atoms in total. The Kier molecular flexibility index (Phi) is 5.03. The highest BCUT2D eigenvalue weighted by Crippen LogP contribution is 2.18. The van der Waals surface area contributed by atoms with Crippen LogP contribution in [-0.2, 0) is 14.3 Å². The van der Waals surface area contributed by atoms with E-state index in [4.69, 9.17) is 5.11 Å². The van der Waals surface area contributed by atoms with Gasteiger partial charge in [-0.1, -0.05) is 13.2 Å². The summed E-state index contributed by atoms with van der Waals surface area (Å²) in [5, 5.41) is 27.7. The lowest BCUT2D eigenvalue weighted by Gasteiger charge is -2.29. The first kappa shape index (κ1) is 14.5. The average molecular weight is 230 g/mol. The predicted molar refractivity (Wildman–Crippen MR) is 54.2 cm³/mol. The molecule has 0 aliphatic rings. The lowest BCUT2D eigenvalue weighted by molar-refractivity contribution is -0.238. The molecule has 0 aromatic carbocycles. The first-order valence-corrected chi connectivity index (χ1v) is 4.36. The molecule has 0 heterocycles. The Morgan fingerprint density at radius 1 is 1.56 bits per heavy atom. The van der Waals surface area contributed by atoms with E-state index in [-0.39, 0.29) is 5.57 Å². The third-order valence-corrected chi connectivity index (χ3v) is 1.76. The van der Waals surface area contributed by atoms with Crippen LogP contribution in [-0.4, -0.2) is 45.6 Å². The molecule has 3 N–H and O–H groups in total. The van der Waals surface area contributed by atoms with Crippen LogP contribution in [0.1, 0.15) is 6.92 Å². The molecule has 0 aromatic heterocycles. The van der Waals surface area contributed by atoms with Crippen molar-refractivity contribution in [2.24, 2.45) is 0 Å². The van der Waals surface area contributed by atoms with Crippen molar-refractivity contribution in [2.75, 3.05) is 6.61 Å². The van der Waals surface area contributed by atoms with Gasteiger partial charge in [0.25, 0.3) is 0 Å². The largest absolute Gasteiger partial charge is 0.419 e. The van der Waals surface area contributed by atoms with E-state index in [0.717, 1.165) is 0 Å². The zero-order chi connectivity index (χ0) is 12.9. The van der Waals surface area contributed by atoms with Gasteiger partial charge >= 0.3 is 11.8 Å². The Hall–Kier alpha value is -1.50. The van der Waals surface area contributed by atoms with Crippen molar-refractivity contribution < 1.29 is 29.6 Å². The summed E-state index contributed by atoms with van der Waals surface area (Å²) in [6.45, 7) is 6.63. The molecule has 0 saturated heterocycles. The van der Waals surface area contributed by atoms with Gasteiger partial charge in [-0.3, -0.25) is 4.79 Å². The van der Waals surface area contributed by atoms with Crippen LogP contribution in [0, 0.1) is 0 Å². The maximum absolute atomic E-state index is 11.5. The number of carbonyl (C=O) groups excluding carboxylic acids is 2. The van der Waals surface area contributed by atoms with E-state index in [9.17, 15) is 19.8 Å². The van der Waals surface area contributed by atoms with Crippen LogP contribution in [0.3, 0.4) is 0 Å². The van der Waals surface area contributed by atoms with Crippen LogP contribution in [0.4, 0.5) is 0 Å². The summed E-state index contributed by atoms with van der Waals surface area (Å²) in [7, 11) is 0.